The summed E-state index contributed by atoms with van der Waals surface area (Å²) in [5.74, 6) is 0.398. The number of ether oxygens (including phenoxy) is 2. The zero-order valence-corrected chi connectivity index (χ0v) is 28.4. The molecular weight excluding hydrogens is 666 g/mol. The molecule has 0 aliphatic heterocycles. The zero-order valence-electron chi connectivity index (χ0n) is 27.7. The molecule has 0 heterocycles. The van der Waals surface area contributed by atoms with Crippen LogP contribution in [0.25, 0.3) is 0 Å². The number of carboxylic acid groups (broad SMARTS) is 1. The topological polar surface area (TPSA) is 229 Å². The molecule has 3 aliphatic rings. The van der Waals surface area contributed by atoms with Gasteiger partial charge in [-0.05, 0) is 91.4 Å². The minimum absolute atomic E-state index is 0.000375. The van der Waals surface area contributed by atoms with Crippen molar-refractivity contribution in [1.82, 2.24) is 10.3 Å². The number of alkyl halides is 1. The summed E-state index contributed by atoms with van der Waals surface area (Å²) in [6, 6.07) is 3.32. The molecule has 1 aromatic carbocycles. The van der Waals surface area contributed by atoms with Crippen LogP contribution < -0.4 is 10.1 Å². The lowest BCUT2D eigenvalue weighted by molar-refractivity contribution is -0.166. The number of aldehydes is 1. The van der Waals surface area contributed by atoms with E-state index in [1.807, 2.05) is 11.4 Å². The van der Waals surface area contributed by atoms with Crippen molar-refractivity contribution in [2.24, 2.45) is 22.5 Å². The fraction of sp³-hybridized carbons (Fsp3) is 0.667. The Morgan fingerprint density at radius 1 is 1.14 bits per heavy atom. The molecule has 0 bridgehead atoms. The van der Waals surface area contributed by atoms with Crippen molar-refractivity contribution >= 4 is 41.8 Å². The Balaban J connectivity index is 0.000000269. The Morgan fingerprint density at radius 2 is 1.88 bits per heavy atom. The number of nitrogens with one attached hydrogen (secondary N) is 1. The number of hydrogen-bond acceptors (Lipinski definition) is 12. The summed E-state index contributed by atoms with van der Waals surface area (Å²) < 4.78 is 9.79. The van der Waals surface area contributed by atoms with Gasteiger partial charge in [-0.25, -0.2) is 9.59 Å². The Labute approximate surface area is 289 Å². The number of esters is 2. The summed E-state index contributed by atoms with van der Waals surface area (Å²) in [6.45, 7) is 3.35. The highest BCUT2D eigenvalue weighted by atomic mass is 35.5. The van der Waals surface area contributed by atoms with E-state index in [1.165, 1.54) is 51.0 Å². The van der Waals surface area contributed by atoms with Crippen LogP contribution >= 0.6 is 11.6 Å². The number of aliphatic carboxylic acids is 1. The largest absolute Gasteiger partial charge is 0.481 e. The predicted octanol–water partition coefficient (Wildman–Crippen LogP) is 2.83. The van der Waals surface area contributed by atoms with Crippen LogP contribution in [0.3, 0.4) is 0 Å². The summed E-state index contributed by atoms with van der Waals surface area (Å²) in [5, 5.41) is 42.3. The molecule has 15 nitrogen and oxygen atoms in total. The molecule has 5 N–H and O–H groups in total. The van der Waals surface area contributed by atoms with E-state index < -0.39 is 42.3 Å². The van der Waals surface area contributed by atoms with E-state index in [0.717, 1.165) is 24.2 Å². The average Bonchev–Trinajstić information content (AvgIpc) is 3.48. The lowest BCUT2D eigenvalue weighted by Gasteiger charge is -2.49. The fourth-order valence-electron chi connectivity index (χ4n) is 7.48. The van der Waals surface area contributed by atoms with Gasteiger partial charge in [-0.15, -0.1) is 16.5 Å². The molecule has 0 radical (unpaired) electrons. The van der Waals surface area contributed by atoms with Gasteiger partial charge in [0.15, 0.2) is 6.10 Å². The third-order valence-electron chi connectivity index (χ3n) is 9.87. The maximum absolute atomic E-state index is 11.7. The van der Waals surface area contributed by atoms with Gasteiger partial charge in [0, 0.05) is 19.2 Å². The van der Waals surface area contributed by atoms with Crippen LogP contribution in [-0.4, -0.2) is 99.0 Å². The fourth-order valence-corrected chi connectivity index (χ4v) is 7.64. The quantitative estimate of drug-likeness (QED) is 0.0357. The van der Waals surface area contributed by atoms with Crippen LogP contribution in [0.4, 0.5) is 4.79 Å². The number of urea groups is 1. The van der Waals surface area contributed by atoms with E-state index in [9.17, 15) is 44.2 Å². The third kappa shape index (κ3) is 10.4. The number of nitrogens with zero attached hydrogens (tertiary/aromatic N) is 2. The summed E-state index contributed by atoms with van der Waals surface area (Å²) in [5.41, 5.74) is 3.58. The number of halogens is 1. The van der Waals surface area contributed by atoms with Crippen LogP contribution in [0.2, 0.25) is 0 Å². The highest BCUT2D eigenvalue weighted by Gasteiger charge is 2.50. The molecule has 8 atom stereocenters. The number of carboxylic acids is 1. The number of amides is 2. The Bertz CT molecular complexity index is 1350. The monoisotopic (exact) mass is 711 g/mol. The summed E-state index contributed by atoms with van der Waals surface area (Å²) >= 11 is 5.35. The second-order valence-corrected chi connectivity index (χ2v) is 13.4. The Morgan fingerprint density at radius 3 is 2.51 bits per heavy atom. The number of benzene rings is 1. The number of hydrogen-bond donors (Lipinski definition) is 5. The van der Waals surface area contributed by atoms with Gasteiger partial charge in [-0.3, -0.25) is 9.59 Å². The first-order valence-electron chi connectivity index (χ1n) is 16.4. The van der Waals surface area contributed by atoms with Crippen molar-refractivity contribution in [3.63, 3.8) is 0 Å². The average molecular weight is 712 g/mol. The van der Waals surface area contributed by atoms with Crippen LogP contribution in [-0.2, 0) is 30.3 Å². The minimum Gasteiger partial charge on any atom is -0.481 e. The van der Waals surface area contributed by atoms with Crippen molar-refractivity contribution < 1.29 is 53.9 Å². The van der Waals surface area contributed by atoms with E-state index in [-0.39, 0.29) is 44.1 Å². The smallest absolute Gasteiger partial charge is 0.341 e. The van der Waals surface area contributed by atoms with Crippen molar-refractivity contribution in [3.8, 4) is 5.75 Å². The summed E-state index contributed by atoms with van der Waals surface area (Å²) in [4.78, 5) is 66.2. The molecule has 0 unspecified atom stereocenters. The molecule has 49 heavy (non-hydrogen) atoms. The molecule has 1 aromatic rings. The van der Waals surface area contributed by atoms with E-state index in [4.69, 9.17) is 21.4 Å². The second kappa shape index (κ2) is 18.4. The standard InChI is InChI=1S/C20H26O2.C13H20ClN3O10/c1-13(21)22-15-6-8-16-14(12-15)5-7-18-17(16)9-11-20(2)10-3-4-19(18)20;14-3-4-17(16-26)13(25)15-7(6-18)9(21)10(22)11(23)12(24)27-5-1-2-8(19)20/h6,8,12,17-19H,3-5,7,9-11H2,1-2H3;6-7,9-11,21-23H,1-5H2,(H,15,25)(H,19,20)/t17-,18-,19+,20+;7-,9+,10-,11-/m10/s1. The van der Waals surface area contributed by atoms with E-state index in [2.05, 4.69) is 29.1 Å². The zero-order chi connectivity index (χ0) is 36.3. The van der Waals surface area contributed by atoms with E-state index >= 15 is 0 Å². The molecule has 16 heteroatoms. The van der Waals surface area contributed by atoms with Gasteiger partial charge in [0.1, 0.15) is 30.3 Å². The molecule has 3 aliphatic carbocycles. The number of aryl methyl sites for hydroxylation is 1. The lowest BCUT2D eigenvalue weighted by atomic mass is 9.56. The first kappa shape index (κ1) is 39.8. The number of carbonyl (C=O) groups is 5. The van der Waals surface area contributed by atoms with E-state index in [1.54, 1.807) is 5.56 Å². The second-order valence-electron chi connectivity index (χ2n) is 13.1. The van der Waals surface area contributed by atoms with Gasteiger partial charge in [-0.1, -0.05) is 19.4 Å². The number of aliphatic hydroxyl groups is 3. The molecule has 4 rings (SSSR count). The summed E-state index contributed by atoms with van der Waals surface area (Å²) in [7, 11) is 0. The van der Waals surface area contributed by atoms with Crippen LogP contribution in [0.5, 0.6) is 5.75 Å². The van der Waals surface area contributed by atoms with Crippen molar-refractivity contribution in [2.45, 2.75) is 102 Å². The van der Waals surface area contributed by atoms with Gasteiger partial charge >= 0.3 is 23.9 Å². The maximum atomic E-state index is 11.7. The van der Waals surface area contributed by atoms with Crippen LogP contribution in [0.15, 0.2) is 23.5 Å². The minimum atomic E-state index is -2.28. The molecule has 2 saturated carbocycles. The predicted molar refractivity (Wildman–Crippen MR) is 174 cm³/mol. The van der Waals surface area contributed by atoms with Gasteiger partial charge in [-0.2, -0.15) is 5.01 Å². The SMILES string of the molecule is CC(=O)Oc1ccc2c(c1)CC[C@@H]1[C@@H]2CC[C@]2(C)CCC[C@@H]12.O=C[C@H](NC(=O)N(CCCl)N=O)[C@@H](O)[C@H](O)[C@H](O)C(=O)OCCCC(=O)O. The number of rotatable bonds is 14. The normalized spacial score (nSPS) is 24.5. The van der Waals surface area contributed by atoms with Crippen LogP contribution in [0.1, 0.15) is 82.3 Å². The van der Waals surface area contributed by atoms with Crippen molar-refractivity contribution in [1.29, 1.82) is 0 Å². The molecule has 0 spiro atoms. The maximum Gasteiger partial charge on any atom is 0.341 e. The van der Waals surface area contributed by atoms with Crippen molar-refractivity contribution in [3.05, 3.63) is 34.2 Å². The summed E-state index contributed by atoms with van der Waals surface area (Å²) in [6.07, 6.45) is 2.52. The number of nitroso groups, excluding NO2 is 1. The molecular formula is C33H46ClN3O12. The Hall–Kier alpha value is -3.66. The molecule has 2 amide bonds. The van der Waals surface area contributed by atoms with Gasteiger partial charge in [0.25, 0.3) is 0 Å². The molecule has 2 fully saturated rings. The van der Waals surface area contributed by atoms with Gasteiger partial charge in [0.2, 0.25) is 0 Å². The first-order valence-corrected chi connectivity index (χ1v) is 17.0. The number of fused-ring (bicyclic) bond motifs is 5. The van der Waals surface area contributed by atoms with Gasteiger partial charge in [0.05, 0.1) is 18.4 Å². The Kier molecular flexibility index (Phi) is 14.9. The molecule has 0 saturated heterocycles. The van der Waals surface area contributed by atoms with Crippen LogP contribution in [0, 0.1) is 22.2 Å². The van der Waals surface area contributed by atoms with Gasteiger partial charge < -0.3 is 40.0 Å². The third-order valence-corrected chi connectivity index (χ3v) is 10.0. The number of aliphatic hydroxyl groups excluding tert-OH is 3. The molecule has 0 aromatic heterocycles. The highest BCUT2D eigenvalue weighted by molar-refractivity contribution is 6.18. The highest BCUT2D eigenvalue weighted by Crippen LogP contribution is 2.60. The van der Waals surface area contributed by atoms with Crippen molar-refractivity contribution in [2.75, 3.05) is 19.0 Å². The lowest BCUT2D eigenvalue weighted by Crippen LogP contribution is -2.56. The van der Waals surface area contributed by atoms with E-state index in [0.29, 0.717) is 16.2 Å². The molecule has 272 valence electrons. The first-order chi connectivity index (χ1) is 23.3. The number of carbonyl (C=O) groups excluding carboxylic acids is 4.